The van der Waals surface area contributed by atoms with Crippen LogP contribution in [0.5, 0.6) is 0 Å². The maximum atomic E-state index is 9.50. The first kappa shape index (κ1) is 12.0. The van der Waals surface area contributed by atoms with Crippen LogP contribution in [-0.4, -0.2) is 21.2 Å². The van der Waals surface area contributed by atoms with Crippen molar-refractivity contribution in [2.45, 2.75) is 38.2 Å². The second-order valence-corrected chi connectivity index (χ2v) is 5.66. The topological polar surface area (TPSA) is 48.9 Å². The minimum absolute atomic E-state index is 0.0873. The summed E-state index contributed by atoms with van der Waals surface area (Å²) in [6.45, 7) is 0. The van der Waals surface area contributed by atoms with Crippen LogP contribution < -0.4 is 0 Å². The summed E-state index contributed by atoms with van der Waals surface area (Å²) < 4.78 is 0. The minimum atomic E-state index is -0.0873. The van der Waals surface area contributed by atoms with Crippen molar-refractivity contribution < 1.29 is 5.11 Å². The fourth-order valence-electron chi connectivity index (χ4n) is 2.75. The number of rotatable bonds is 2. The molecule has 0 saturated heterocycles. The zero-order chi connectivity index (χ0) is 12.5. The van der Waals surface area contributed by atoms with Crippen LogP contribution in [0.4, 0.5) is 0 Å². The second kappa shape index (κ2) is 4.90. The molecule has 1 fully saturated rings. The van der Waals surface area contributed by atoms with Gasteiger partial charge in [0.2, 0.25) is 0 Å². The van der Waals surface area contributed by atoms with Crippen LogP contribution >= 0.6 is 11.6 Å². The number of imidazole rings is 1. The molecule has 96 valence electrons. The van der Waals surface area contributed by atoms with E-state index in [0.29, 0.717) is 5.92 Å². The van der Waals surface area contributed by atoms with Gasteiger partial charge < -0.3 is 10.1 Å². The van der Waals surface area contributed by atoms with Gasteiger partial charge in [-0.25, -0.2) is 4.98 Å². The number of aromatic amines is 1. The van der Waals surface area contributed by atoms with E-state index in [1.807, 2.05) is 18.2 Å². The van der Waals surface area contributed by atoms with Gasteiger partial charge in [0.1, 0.15) is 5.82 Å². The highest BCUT2D eigenvalue weighted by molar-refractivity contribution is 6.31. The lowest BCUT2D eigenvalue weighted by atomic mass is 9.85. The molecule has 18 heavy (non-hydrogen) atoms. The highest BCUT2D eigenvalue weighted by Crippen LogP contribution is 2.27. The van der Waals surface area contributed by atoms with Crippen molar-refractivity contribution in [3.8, 4) is 0 Å². The normalized spacial score (nSPS) is 24.6. The van der Waals surface area contributed by atoms with Gasteiger partial charge in [-0.3, -0.25) is 0 Å². The Morgan fingerprint density at radius 2 is 2.06 bits per heavy atom. The van der Waals surface area contributed by atoms with Crippen LogP contribution in [0.2, 0.25) is 5.02 Å². The standard InChI is InChI=1S/C14H17ClN2O/c15-10-3-6-12-13(8-10)17-14(16-12)7-9-1-4-11(18)5-2-9/h3,6,8-9,11,18H,1-2,4-5,7H2,(H,16,17). The fourth-order valence-corrected chi connectivity index (χ4v) is 2.93. The number of benzene rings is 1. The van der Waals surface area contributed by atoms with Crippen LogP contribution in [0.25, 0.3) is 11.0 Å². The predicted octanol–water partition coefficient (Wildman–Crippen LogP) is 3.31. The second-order valence-electron chi connectivity index (χ2n) is 5.22. The molecule has 0 spiro atoms. The molecular weight excluding hydrogens is 248 g/mol. The summed E-state index contributed by atoms with van der Waals surface area (Å²) in [5, 5.41) is 10.2. The van der Waals surface area contributed by atoms with Gasteiger partial charge in [0.25, 0.3) is 0 Å². The smallest absolute Gasteiger partial charge is 0.107 e. The molecule has 1 aliphatic rings. The van der Waals surface area contributed by atoms with E-state index in [1.165, 1.54) is 0 Å². The lowest BCUT2D eigenvalue weighted by Crippen LogP contribution is -2.19. The Labute approximate surface area is 111 Å². The molecule has 1 aromatic carbocycles. The Hall–Kier alpha value is -1.06. The van der Waals surface area contributed by atoms with Gasteiger partial charge in [-0.15, -0.1) is 0 Å². The summed E-state index contributed by atoms with van der Waals surface area (Å²) in [5.41, 5.74) is 1.98. The van der Waals surface area contributed by atoms with Crippen molar-refractivity contribution >= 4 is 22.6 Å². The lowest BCUT2D eigenvalue weighted by Gasteiger charge is -2.24. The van der Waals surface area contributed by atoms with E-state index in [-0.39, 0.29) is 6.10 Å². The van der Waals surface area contributed by atoms with Crippen molar-refractivity contribution in [3.05, 3.63) is 29.0 Å². The number of aliphatic hydroxyl groups is 1. The van der Waals surface area contributed by atoms with E-state index in [4.69, 9.17) is 11.6 Å². The van der Waals surface area contributed by atoms with Crippen molar-refractivity contribution in [2.24, 2.45) is 5.92 Å². The molecule has 0 bridgehead atoms. The fraction of sp³-hybridized carbons (Fsp3) is 0.500. The number of fused-ring (bicyclic) bond motifs is 1. The van der Waals surface area contributed by atoms with Crippen molar-refractivity contribution in [1.29, 1.82) is 0 Å². The Morgan fingerprint density at radius 1 is 1.28 bits per heavy atom. The van der Waals surface area contributed by atoms with Gasteiger partial charge in [-0.2, -0.15) is 0 Å². The number of nitrogens with one attached hydrogen (secondary N) is 1. The zero-order valence-corrected chi connectivity index (χ0v) is 11.0. The highest BCUT2D eigenvalue weighted by Gasteiger charge is 2.20. The van der Waals surface area contributed by atoms with E-state index in [9.17, 15) is 5.11 Å². The predicted molar refractivity (Wildman–Crippen MR) is 72.8 cm³/mol. The molecule has 0 amide bonds. The van der Waals surface area contributed by atoms with Crippen LogP contribution in [0.1, 0.15) is 31.5 Å². The number of aliphatic hydroxyl groups excluding tert-OH is 1. The molecule has 1 heterocycles. The molecule has 0 aliphatic heterocycles. The molecular formula is C14H17ClN2O. The highest BCUT2D eigenvalue weighted by atomic mass is 35.5. The molecule has 1 saturated carbocycles. The molecule has 4 heteroatoms. The maximum absolute atomic E-state index is 9.50. The summed E-state index contributed by atoms with van der Waals surface area (Å²) in [6.07, 6.45) is 4.93. The van der Waals surface area contributed by atoms with Gasteiger partial charge >= 0.3 is 0 Å². The number of aromatic nitrogens is 2. The van der Waals surface area contributed by atoms with Gasteiger partial charge in [0.15, 0.2) is 0 Å². The number of H-pyrrole nitrogens is 1. The minimum Gasteiger partial charge on any atom is -0.393 e. The first-order valence-electron chi connectivity index (χ1n) is 6.53. The molecule has 1 aliphatic carbocycles. The lowest BCUT2D eigenvalue weighted by molar-refractivity contribution is 0.108. The van der Waals surface area contributed by atoms with E-state index >= 15 is 0 Å². The monoisotopic (exact) mass is 264 g/mol. The summed E-state index contributed by atoms with van der Waals surface area (Å²) in [7, 11) is 0. The summed E-state index contributed by atoms with van der Waals surface area (Å²) in [4.78, 5) is 7.93. The summed E-state index contributed by atoms with van der Waals surface area (Å²) in [6, 6.07) is 5.73. The van der Waals surface area contributed by atoms with E-state index < -0.39 is 0 Å². The number of hydrogen-bond donors (Lipinski definition) is 2. The number of hydrogen-bond acceptors (Lipinski definition) is 2. The van der Waals surface area contributed by atoms with Crippen molar-refractivity contribution in [1.82, 2.24) is 9.97 Å². The third-order valence-corrected chi connectivity index (χ3v) is 4.03. The summed E-state index contributed by atoms with van der Waals surface area (Å²) in [5.74, 6) is 1.68. The third kappa shape index (κ3) is 2.52. The zero-order valence-electron chi connectivity index (χ0n) is 10.2. The van der Waals surface area contributed by atoms with Crippen molar-refractivity contribution in [3.63, 3.8) is 0 Å². The molecule has 0 unspecified atom stereocenters. The molecule has 0 atom stereocenters. The molecule has 2 N–H and O–H groups in total. The van der Waals surface area contributed by atoms with Gasteiger partial charge in [-0.1, -0.05) is 11.6 Å². The third-order valence-electron chi connectivity index (χ3n) is 3.79. The molecule has 0 radical (unpaired) electrons. The first-order valence-corrected chi connectivity index (χ1v) is 6.91. The van der Waals surface area contributed by atoms with Crippen LogP contribution in [0.15, 0.2) is 18.2 Å². The Morgan fingerprint density at radius 3 is 2.83 bits per heavy atom. The van der Waals surface area contributed by atoms with E-state index in [1.54, 1.807) is 0 Å². The molecule has 3 nitrogen and oxygen atoms in total. The number of nitrogens with zero attached hydrogens (tertiary/aromatic N) is 1. The molecule has 2 aromatic rings. The Bertz CT molecular complexity index is 544. The van der Waals surface area contributed by atoms with Crippen LogP contribution in [0, 0.1) is 5.92 Å². The van der Waals surface area contributed by atoms with Gasteiger partial charge in [-0.05, 0) is 49.8 Å². The van der Waals surface area contributed by atoms with E-state index in [2.05, 4.69) is 9.97 Å². The summed E-state index contributed by atoms with van der Waals surface area (Å²) >= 11 is 5.96. The first-order chi connectivity index (χ1) is 8.70. The van der Waals surface area contributed by atoms with Gasteiger partial charge in [0, 0.05) is 11.4 Å². The van der Waals surface area contributed by atoms with Gasteiger partial charge in [0.05, 0.1) is 17.1 Å². The Kier molecular flexibility index (Phi) is 3.27. The average Bonchev–Trinajstić information content (AvgIpc) is 2.73. The number of halogens is 1. The maximum Gasteiger partial charge on any atom is 0.107 e. The Balaban J connectivity index is 1.74. The average molecular weight is 265 g/mol. The van der Waals surface area contributed by atoms with Crippen LogP contribution in [-0.2, 0) is 6.42 Å². The van der Waals surface area contributed by atoms with Crippen LogP contribution in [0.3, 0.4) is 0 Å². The largest absolute Gasteiger partial charge is 0.393 e. The molecule has 3 rings (SSSR count). The van der Waals surface area contributed by atoms with E-state index in [0.717, 1.165) is 54.0 Å². The quantitative estimate of drug-likeness (QED) is 0.874. The molecule has 1 aromatic heterocycles. The van der Waals surface area contributed by atoms with Crippen molar-refractivity contribution in [2.75, 3.05) is 0 Å². The SMILES string of the molecule is OC1CCC(Cc2nc3ccc(Cl)cc3[nH]2)CC1.